The average molecular weight is 206 g/mol. The van der Waals surface area contributed by atoms with Gasteiger partial charge in [0.05, 0.1) is 5.69 Å². The Morgan fingerprint density at radius 2 is 2.07 bits per heavy atom. The van der Waals surface area contributed by atoms with Gasteiger partial charge in [-0.15, -0.1) is 0 Å². The summed E-state index contributed by atoms with van der Waals surface area (Å²) in [6.45, 7) is 0. The van der Waals surface area contributed by atoms with Crippen LogP contribution in [-0.2, 0) is 0 Å². The van der Waals surface area contributed by atoms with Gasteiger partial charge in [0, 0.05) is 23.6 Å². The van der Waals surface area contributed by atoms with Crippen LogP contribution in [-0.4, -0.2) is 9.97 Å². The number of nitrogens with two attached hydrogens (primary N) is 1. The Hall–Kier alpha value is -1.61. The normalized spacial score (nSPS) is 10.1. The van der Waals surface area contributed by atoms with Crippen LogP contribution in [0.25, 0.3) is 11.3 Å². The maximum absolute atomic E-state index is 5.79. The van der Waals surface area contributed by atoms with Crippen molar-refractivity contribution in [3.63, 3.8) is 0 Å². The van der Waals surface area contributed by atoms with E-state index in [1.807, 2.05) is 18.2 Å². The molecule has 2 aromatic heterocycles. The monoisotopic (exact) mass is 205 g/mol. The summed E-state index contributed by atoms with van der Waals surface area (Å²) in [4.78, 5) is 8.14. The highest BCUT2D eigenvalue weighted by atomic mass is 35.5. The largest absolute Gasteiger partial charge is 0.398 e. The zero-order chi connectivity index (χ0) is 9.97. The fourth-order valence-corrected chi connectivity index (χ4v) is 1.35. The average Bonchev–Trinajstić information content (AvgIpc) is 2.19. The van der Waals surface area contributed by atoms with E-state index < -0.39 is 0 Å². The zero-order valence-corrected chi connectivity index (χ0v) is 8.07. The van der Waals surface area contributed by atoms with E-state index in [1.165, 1.54) is 0 Å². The van der Waals surface area contributed by atoms with Gasteiger partial charge in [0.15, 0.2) is 0 Å². The maximum atomic E-state index is 5.79. The van der Waals surface area contributed by atoms with E-state index in [2.05, 4.69) is 9.97 Å². The number of nitrogens with zero attached hydrogens (tertiary/aromatic N) is 2. The van der Waals surface area contributed by atoms with Crippen molar-refractivity contribution in [2.75, 3.05) is 5.73 Å². The number of rotatable bonds is 1. The molecule has 0 saturated carbocycles. The summed E-state index contributed by atoms with van der Waals surface area (Å²) in [6.07, 6.45) is 3.34. The fraction of sp³-hybridized carbons (Fsp3) is 0. The van der Waals surface area contributed by atoms with E-state index >= 15 is 0 Å². The molecular formula is C10H8ClN3. The summed E-state index contributed by atoms with van der Waals surface area (Å²) in [5, 5.41) is 0.391. The highest BCUT2D eigenvalue weighted by Gasteiger charge is 2.03. The van der Waals surface area contributed by atoms with Gasteiger partial charge in [-0.2, -0.15) is 0 Å². The molecule has 0 fully saturated rings. The van der Waals surface area contributed by atoms with Crippen LogP contribution in [0, 0.1) is 0 Å². The SMILES string of the molecule is Nc1cc(Cl)ncc1-c1ccccn1. The van der Waals surface area contributed by atoms with Gasteiger partial charge in [-0.3, -0.25) is 4.98 Å². The lowest BCUT2D eigenvalue weighted by Crippen LogP contribution is -1.92. The molecule has 0 saturated heterocycles. The van der Waals surface area contributed by atoms with Crippen LogP contribution in [0.2, 0.25) is 5.15 Å². The van der Waals surface area contributed by atoms with Crippen molar-refractivity contribution in [2.45, 2.75) is 0 Å². The smallest absolute Gasteiger partial charge is 0.131 e. The van der Waals surface area contributed by atoms with E-state index in [1.54, 1.807) is 18.5 Å². The topological polar surface area (TPSA) is 51.8 Å². The molecule has 14 heavy (non-hydrogen) atoms. The van der Waals surface area contributed by atoms with E-state index in [0.29, 0.717) is 10.8 Å². The Morgan fingerprint density at radius 3 is 2.71 bits per heavy atom. The molecular weight excluding hydrogens is 198 g/mol. The predicted molar refractivity (Wildman–Crippen MR) is 56.9 cm³/mol. The van der Waals surface area contributed by atoms with Gasteiger partial charge in [0.2, 0.25) is 0 Å². The van der Waals surface area contributed by atoms with E-state index in [0.717, 1.165) is 11.3 Å². The van der Waals surface area contributed by atoms with E-state index in [9.17, 15) is 0 Å². The highest BCUT2D eigenvalue weighted by molar-refractivity contribution is 6.29. The third-order valence-electron chi connectivity index (χ3n) is 1.84. The fourth-order valence-electron chi connectivity index (χ4n) is 1.18. The molecule has 0 atom stereocenters. The molecule has 2 N–H and O–H groups in total. The van der Waals surface area contributed by atoms with Gasteiger partial charge < -0.3 is 5.73 Å². The van der Waals surface area contributed by atoms with Crippen LogP contribution >= 0.6 is 11.6 Å². The molecule has 0 aliphatic carbocycles. The third kappa shape index (κ3) is 1.67. The summed E-state index contributed by atoms with van der Waals surface area (Å²) >= 11 is 5.69. The van der Waals surface area contributed by atoms with Crippen LogP contribution in [0.15, 0.2) is 36.7 Å². The van der Waals surface area contributed by atoms with E-state index in [-0.39, 0.29) is 0 Å². The second-order valence-electron chi connectivity index (χ2n) is 2.81. The van der Waals surface area contributed by atoms with Gasteiger partial charge >= 0.3 is 0 Å². The van der Waals surface area contributed by atoms with Gasteiger partial charge in [0.25, 0.3) is 0 Å². The second-order valence-corrected chi connectivity index (χ2v) is 3.20. The van der Waals surface area contributed by atoms with Crippen LogP contribution < -0.4 is 5.73 Å². The molecule has 2 rings (SSSR count). The predicted octanol–water partition coefficient (Wildman–Crippen LogP) is 2.38. The summed E-state index contributed by atoms with van der Waals surface area (Å²) in [5.74, 6) is 0. The highest BCUT2D eigenvalue weighted by Crippen LogP contribution is 2.24. The Labute approximate surface area is 86.6 Å². The first kappa shape index (κ1) is 8.97. The number of halogens is 1. The van der Waals surface area contributed by atoms with Crippen molar-refractivity contribution >= 4 is 17.3 Å². The van der Waals surface area contributed by atoms with Crippen LogP contribution in [0.5, 0.6) is 0 Å². The Bertz CT molecular complexity index is 442. The number of pyridine rings is 2. The van der Waals surface area contributed by atoms with Crippen molar-refractivity contribution in [1.29, 1.82) is 0 Å². The van der Waals surface area contributed by atoms with Crippen molar-refractivity contribution in [3.8, 4) is 11.3 Å². The molecule has 0 aromatic carbocycles. The van der Waals surface area contributed by atoms with Crippen LogP contribution in [0.4, 0.5) is 5.69 Å². The lowest BCUT2D eigenvalue weighted by atomic mass is 10.1. The quantitative estimate of drug-likeness (QED) is 0.728. The Kier molecular flexibility index (Phi) is 2.33. The molecule has 3 nitrogen and oxygen atoms in total. The molecule has 0 radical (unpaired) electrons. The van der Waals surface area contributed by atoms with Gasteiger partial charge in [-0.1, -0.05) is 17.7 Å². The molecule has 0 aliphatic rings. The number of nitrogen functional groups attached to an aromatic ring is 1. The minimum absolute atomic E-state index is 0.391. The van der Waals surface area contributed by atoms with Crippen molar-refractivity contribution in [1.82, 2.24) is 9.97 Å². The number of anilines is 1. The Morgan fingerprint density at radius 1 is 1.21 bits per heavy atom. The molecule has 2 heterocycles. The van der Waals surface area contributed by atoms with Crippen LogP contribution in [0.1, 0.15) is 0 Å². The first-order valence-electron chi connectivity index (χ1n) is 4.10. The summed E-state index contributed by atoms with van der Waals surface area (Å²) < 4.78 is 0. The standard InChI is InChI=1S/C10H8ClN3/c11-10-5-8(12)7(6-14-10)9-3-1-2-4-13-9/h1-6H,(H2,12,14). The van der Waals surface area contributed by atoms with Crippen molar-refractivity contribution < 1.29 is 0 Å². The number of hydrogen-bond donors (Lipinski definition) is 1. The van der Waals surface area contributed by atoms with Gasteiger partial charge in [-0.25, -0.2) is 4.98 Å². The van der Waals surface area contributed by atoms with E-state index in [4.69, 9.17) is 17.3 Å². The minimum Gasteiger partial charge on any atom is -0.398 e. The lowest BCUT2D eigenvalue weighted by Gasteiger charge is -2.03. The first-order chi connectivity index (χ1) is 6.77. The minimum atomic E-state index is 0.391. The van der Waals surface area contributed by atoms with Gasteiger partial charge in [0.1, 0.15) is 5.15 Å². The molecule has 0 amide bonds. The maximum Gasteiger partial charge on any atom is 0.131 e. The molecule has 0 aliphatic heterocycles. The summed E-state index contributed by atoms with van der Waals surface area (Å²) in [5.41, 5.74) is 7.98. The molecule has 0 spiro atoms. The molecule has 70 valence electrons. The zero-order valence-electron chi connectivity index (χ0n) is 7.31. The summed E-state index contributed by atoms with van der Waals surface area (Å²) in [6, 6.07) is 7.24. The van der Waals surface area contributed by atoms with Crippen molar-refractivity contribution in [3.05, 3.63) is 41.8 Å². The number of hydrogen-bond acceptors (Lipinski definition) is 3. The van der Waals surface area contributed by atoms with Crippen molar-refractivity contribution in [2.24, 2.45) is 0 Å². The summed E-state index contributed by atoms with van der Waals surface area (Å²) in [7, 11) is 0. The second kappa shape index (κ2) is 3.64. The first-order valence-corrected chi connectivity index (χ1v) is 4.47. The molecule has 0 unspecified atom stereocenters. The third-order valence-corrected chi connectivity index (χ3v) is 2.05. The molecule has 0 bridgehead atoms. The molecule has 2 aromatic rings. The van der Waals surface area contributed by atoms with Gasteiger partial charge in [-0.05, 0) is 18.2 Å². The Balaban J connectivity index is 2.53. The molecule has 4 heteroatoms. The lowest BCUT2D eigenvalue weighted by molar-refractivity contribution is 1.28. The number of aromatic nitrogens is 2. The van der Waals surface area contributed by atoms with Crippen LogP contribution in [0.3, 0.4) is 0 Å².